The summed E-state index contributed by atoms with van der Waals surface area (Å²) < 4.78 is 10.8. The molecule has 0 aromatic carbocycles. The summed E-state index contributed by atoms with van der Waals surface area (Å²) in [4.78, 5) is 11.7. The van der Waals surface area contributed by atoms with E-state index < -0.39 is 0 Å². The molecule has 0 unspecified atom stereocenters. The van der Waals surface area contributed by atoms with E-state index in [0.717, 1.165) is 10.4 Å². The molecule has 0 saturated carbocycles. The Balaban J connectivity index is 1.87. The summed E-state index contributed by atoms with van der Waals surface area (Å²) in [7, 11) is 0. The zero-order chi connectivity index (χ0) is 12.1. The maximum absolute atomic E-state index is 10.7. The van der Waals surface area contributed by atoms with E-state index in [2.05, 4.69) is 5.32 Å². The van der Waals surface area contributed by atoms with Crippen LogP contribution < -0.4 is 5.32 Å². The van der Waals surface area contributed by atoms with Crippen LogP contribution in [0.5, 0.6) is 0 Å². The highest BCUT2D eigenvalue weighted by Crippen LogP contribution is 2.29. The SMILES string of the molecule is CC(=O)NCC=Cc1csc(C2OCCO2)c1. The average Bonchev–Trinajstić information content (AvgIpc) is 2.94. The van der Waals surface area contributed by atoms with Crippen molar-refractivity contribution in [1.29, 1.82) is 0 Å². The fourth-order valence-corrected chi connectivity index (χ4v) is 2.37. The number of carbonyl (C=O) groups excluding carboxylic acids is 1. The van der Waals surface area contributed by atoms with Gasteiger partial charge < -0.3 is 14.8 Å². The first kappa shape index (κ1) is 12.3. The highest BCUT2D eigenvalue weighted by atomic mass is 32.1. The first-order valence-electron chi connectivity index (χ1n) is 5.48. The molecule has 1 aliphatic heterocycles. The van der Waals surface area contributed by atoms with E-state index in [-0.39, 0.29) is 12.2 Å². The van der Waals surface area contributed by atoms with Crippen molar-refractivity contribution in [2.75, 3.05) is 19.8 Å². The van der Waals surface area contributed by atoms with E-state index in [0.29, 0.717) is 19.8 Å². The van der Waals surface area contributed by atoms with Gasteiger partial charge in [-0.1, -0.05) is 12.2 Å². The van der Waals surface area contributed by atoms with Crippen LogP contribution in [0.4, 0.5) is 0 Å². The molecule has 5 heteroatoms. The van der Waals surface area contributed by atoms with Gasteiger partial charge >= 0.3 is 0 Å². The summed E-state index contributed by atoms with van der Waals surface area (Å²) >= 11 is 1.62. The standard InChI is InChI=1S/C12H15NO3S/c1-9(14)13-4-2-3-10-7-11(17-8-10)12-15-5-6-16-12/h2-3,7-8,12H,4-6H2,1H3,(H,13,14). The van der Waals surface area contributed by atoms with Crippen LogP contribution in [0.2, 0.25) is 0 Å². The molecule has 1 saturated heterocycles. The third-order valence-electron chi connectivity index (χ3n) is 2.27. The predicted octanol–water partition coefficient (Wildman–Crippen LogP) is 1.94. The molecule has 0 aliphatic carbocycles. The summed E-state index contributed by atoms with van der Waals surface area (Å²) in [6, 6.07) is 2.05. The van der Waals surface area contributed by atoms with Crippen molar-refractivity contribution in [3.63, 3.8) is 0 Å². The topological polar surface area (TPSA) is 47.6 Å². The number of carbonyl (C=O) groups is 1. The van der Waals surface area contributed by atoms with Gasteiger partial charge in [-0.2, -0.15) is 0 Å². The van der Waals surface area contributed by atoms with Crippen LogP contribution in [0, 0.1) is 0 Å². The van der Waals surface area contributed by atoms with Crippen LogP contribution in [-0.2, 0) is 14.3 Å². The lowest BCUT2D eigenvalue weighted by atomic mass is 10.3. The van der Waals surface area contributed by atoms with Crippen LogP contribution in [0.1, 0.15) is 23.7 Å². The van der Waals surface area contributed by atoms with Gasteiger partial charge in [-0.15, -0.1) is 11.3 Å². The monoisotopic (exact) mass is 253 g/mol. The lowest BCUT2D eigenvalue weighted by Gasteiger charge is -2.04. The van der Waals surface area contributed by atoms with Crippen molar-refractivity contribution in [3.8, 4) is 0 Å². The maximum Gasteiger partial charge on any atom is 0.217 e. The third-order valence-corrected chi connectivity index (χ3v) is 3.25. The number of thiophene rings is 1. The summed E-state index contributed by atoms with van der Waals surface area (Å²) in [5.74, 6) is -0.0200. The number of nitrogens with one attached hydrogen (secondary N) is 1. The van der Waals surface area contributed by atoms with Crippen LogP contribution >= 0.6 is 11.3 Å². The molecular weight excluding hydrogens is 238 g/mol. The summed E-state index contributed by atoms with van der Waals surface area (Å²) in [5, 5.41) is 4.75. The molecule has 0 atom stereocenters. The van der Waals surface area contributed by atoms with E-state index in [9.17, 15) is 4.79 Å². The molecule has 4 nitrogen and oxygen atoms in total. The van der Waals surface area contributed by atoms with Crippen molar-refractivity contribution in [2.45, 2.75) is 13.2 Å². The van der Waals surface area contributed by atoms with Gasteiger partial charge in [0, 0.05) is 13.5 Å². The molecule has 2 heterocycles. The quantitative estimate of drug-likeness (QED) is 0.892. The zero-order valence-electron chi connectivity index (χ0n) is 9.64. The van der Waals surface area contributed by atoms with Crippen molar-refractivity contribution in [3.05, 3.63) is 28.0 Å². The molecule has 1 aliphatic rings. The van der Waals surface area contributed by atoms with E-state index >= 15 is 0 Å². The summed E-state index contributed by atoms with van der Waals surface area (Å²) in [6.45, 7) is 3.38. The minimum atomic E-state index is -0.197. The van der Waals surface area contributed by atoms with E-state index in [4.69, 9.17) is 9.47 Å². The minimum Gasteiger partial charge on any atom is -0.353 e. The van der Waals surface area contributed by atoms with Gasteiger partial charge in [0.15, 0.2) is 6.29 Å². The Labute approximate surface area is 104 Å². The molecule has 0 spiro atoms. The summed E-state index contributed by atoms with van der Waals surface area (Å²) in [5.41, 5.74) is 1.11. The first-order valence-corrected chi connectivity index (χ1v) is 6.36. The molecular formula is C12H15NO3S. The Kier molecular flexibility index (Phi) is 4.30. The molecule has 0 radical (unpaired) electrons. The predicted molar refractivity (Wildman–Crippen MR) is 66.7 cm³/mol. The zero-order valence-corrected chi connectivity index (χ0v) is 10.5. The molecule has 1 fully saturated rings. The van der Waals surface area contributed by atoms with Gasteiger partial charge in [0.2, 0.25) is 5.91 Å². The number of hydrogen-bond acceptors (Lipinski definition) is 4. The van der Waals surface area contributed by atoms with Gasteiger partial charge in [0.1, 0.15) is 0 Å². The average molecular weight is 253 g/mol. The molecule has 17 heavy (non-hydrogen) atoms. The van der Waals surface area contributed by atoms with Gasteiger partial charge in [0.25, 0.3) is 0 Å². The van der Waals surface area contributed by atoms with Crippen LogP contribution in [0.3, 0.4) is 0 Å². The second kappa shape index (κ2) is 5.95. The second-order valence-electron chi connectivity index (χ2n) is 3.70. The second-order valence-corrected chi connectivity index (χ2v) is 4.64. The Hall–Kier alpha value is -1.17. The van der Waals surface area contributed by atoms with Crippen LogP contribution in [0.15, 0.2) is 17.5 Å². The van der Waals surface area contributed by atoms with Gasteiger partial charge in [-0.3, -0.25) is 4.79 Å². The maximum atomic E-state index is 10.7. The van der Waals surface area contributed by atoms with Crippen molar-refractivity contribution >= 4 is 23.3 Å². The van der Waals surface area contributed by atoms with Gasteiger partial charge in [0.05, 0.1) is 18.1 Å². The number of ether oxygens (including phenoxy) is 2. The lowest BCUT2D eigenvalue weighted by Crippen LogP contribution is -2.19. The van der Waals surface area contributed by atoms with E-state index in [1.165, 1.54) is 6.92 Å². The molecule has 92 valence electrons. The highest BCUT2D eigenvalue weighted by molar-refractivity contribution is 7.10. The Morgan fingerprint density at radius 2 is 2.35 bits per heavy atom. The highest BCUT2D eigenvalue weighted by Gasteiger charge is 2.19. The normalized spacial score (nSPS) is 16.8. The number of rotatable bonds is 4. The Morgan fingerprint density at radius 3 is 3.06 bits per heavy atom. The third kappa shape index (κ3) is 3.66. The van der Waals surface area contributed by atoms with Crippen LogP contribution in [-0.4, -0.2) is 25.7 Å². The fourth-order valence-electron chi connectivity index (χ4n) is 1.50. The molecule has 1 aromatic heterocycles. The van der Waals surface area contributed by atoms with Crippen LogP contribution in [0.25, 0.3) is 6.08 Å². The van der Waals surface area contributed by atoms with Crippen molar-refractivity contribution in [1.82, 2.24) is 5.32 Å². The number of amides is 1. The van der Waals surface area contributed by atoms with Gasteiger partial charge in [-0.05, 0) is 17.0 Å². The van der Waals surface area contributed by atoms with E-state index in [1.54, 1.807) is 11.3 Å². The Bertz CT molecular complexity index is 408. The first-order chi connectivity index (χ1) is 8.25. The lowest BCUT2D eigenvalue weighted by molar-refractivity contribution is -0.118. The molecule has 1 aromatic rings. The minimum absolute atomic E-state index is 0.0200. The molecule has 1 N–H and O–H groups in total. The Morgan fingerprint density at radius 1 is 1.59 bits per heavy atom. The molecule has 1 amide bonds. The number of hydrogen-bond donors (Lipinski definition) is 1. The molecule has 0 bridgehead atoms. The smallest absolute Gasteiger partial charge is 0.217 e. The fraction of sp³-hybridized carbons (Fsp3) is 0.417. The van der Waals surface area contributed by atoms with E-state index in [1.807, 2.05) is 23.6 Å². The molecule has 2 rings (SSSR count). The van der Waals surface area contributed by atoms with Crippen molar-refractivity contribution < 1.29 is 14.3 Å². The van der Waals surface area contributed by atoms with Gasteiger partial charge in [-0.25, -0.2) is 0 Å². The summed E-state index contributed by atoms with van der Waals surface area (Å²) in [6.07, 6.45) is 3.70. The van der Waals surface area contributed by atoms with Crippen molar-refractivity contribution in [2.24, 2.45) is 0 Å². The largest absolute Gasteiger partial charge is 0.353 e.